The standard InChI is InChI=1S/C16H22F2N2/c1-3-12(2)10-20-8-4-5-14(11-20)19-13-6-7-15(17)16(18)9-13/h3,6-7,9,14,19H,4-5,8,10-11H2,1-2H3/b12-3+. The zero-order valence-corrected chi connectivity index (χ0v) is 12.1. The van der Waals surface area contributed by atoms with Crippen molar-refractivity contribution in [3.63, 3.8) is 0 Å². The third-order valence-corrected chi connectivity index (χ3v) is 3.76. The number of rotatable bonds is 4. The summed E-state index contributed by atoms with van der Waals surface area (Å²) in [6.07, 6.45) is 4.31. The third kappa shape index (κ3) is 4.04. The first-order valence-corrected chi connectivity index (χ1v) is 7.14. The highest BCUT2D eigenvalue weighted by atomic mass is 19.2. The molecule has 1 fully saturated rings. The van der Waals surface area contributed by atoms with Gasteiger partial charge in [0.2, 0.25) is 0 Å². The van der Waals surface area contributed by atoms with E-state index in [0.717, 1.165) is 32.5 Å². The first kappa shape index (κ1) is 15.0. The molecule has 1 N–H and O–H groups in total. The van der Waals surface area contributed by atoms with E-state index in [1.165, 1.54) is 17.7 Å². The predicted octanol–water partition coefficient (Wildman–Crippen LogP) is 3.81. The highest BCUT2D eigenvalue weighted by molar-refractivity contribution is 5.44. The monoisotopic (exact) mass is 280 g/mol. The Morgan fingerprint density at radius 2 is 2.20 bits per heavy atom. The van der Waals surface area contributed by atoms with Crippen LogP contribution in [0.25, 0.3) is 0 Å². The molecule has 0 amide bonds. The molecule has 1 heterocycles. The van der Waals surface area contributed by atoms with Crippen LogP contribution in [-0.2, 0) is 0 Å². The second-order valence-corrected chi connectivity index (χ2v) is 5.48. The number of piperidine rings is 1. The van der Waals surface area contributed by atoms with E-state index >= 15 is 0 Å². The first-order valence-electron chi connectivity index (χ1n) is 7.14. The van der Waals surface area contributed by atoms with Crippen LogP contribution < -0.4 is 5.32 Å². The van der Waals surface area contributed by atoms with E-state index in [2.05, 4.69) is 30.1 Å². The summed E-state index contributed by atoms with van der Waals surface area (Å²) in [5.41, 5.74) is 2.01. The summed E-state index contributed by atoms with van der Waals surface area (Å²) in [5.74, 6) is -1.60. The Morgan fingerprint density at radius 1 is 1.40 bits per heavy atom. The SMILES string of the molecule is C/C=C(\C)CN1CCCC(Nc2ccc(F)c(F)c2)C1. The van der Waals surface area contributed by atoms with Crippen LogP contribution >= 0.6 is 0 Å². The normalized spacial score (nSPS) is 21.0. The Labute approximate surface area is 119 Å². The molecule has 1 unspecified atom stereocenters. The van der Waals surface area contributed by atoms with Crippen LogP contribution in [0, 0.1) is 11.6 Å². The van der Waals surface area contributed by atoms with Crippen LogP contribution in [0.5, 0.6) is 0 Å². The zero-order chi connectivity index (χ0) is 14.5. The number of anilines is 1. The molecule has 0 radical (unpaired) electrons. The Hall–Kier alpha value is -1.42. The second-order valence-electron chi connectivity index (χ2n) is 5.48. The number of hydrogen-bond acceptors (Lipinski definition) is 2. The molecule has 4 heteroatoms. The molecule has 1 saturated heterocycles. The van der Waals surface area contributed by atoms with Crippen molar-refractivity contribution in [3.8, 4) is 0 Å². The lowest BCUT2D eigenvalue weighted by Gasteiger charge is -2.33. The van der Waals surface area contributed by atoms with Gasteiger partial charge >= 0.3 is 0 Å². The Balaban J connectivity index is 1.93. The minimum Gasteiger partial charge on any atom is -0.381 e. The van der Waals surface area contributed by atoms with E-state index in [4.69, 9.17) is 0 Å². The fraction of sp³-hybridized carbons (Fsp3) is 0.500. The van der Waals surface area contributed by atoms with Gasteiger partial charge in [0.15, 0.2) is 11.6 Å². The molecule has 1 aromatic rings. The van der Waals surface area contributed by atoms with E-state index < -0.39 is 11.6 Å². The van der Waals surface area contributed by atoms with Gasteiger partial charge in [-0.3, -0.25) is 4.90 Å². The van der Waals surface area contributed by atoms with Crippen LogP contribution in [-0.4, -0.2) is 30.6 Å². The van der Waals surface area contributed by atoms with Crippen LogP contribution in [0.2, 0.25) is 0 Å². The highest BCUT2D eigenvalue weighted by Crippen LogP contribution is 2.19. The topological polar surface area (TPSA) is 15.3 Å². The second kappa shape index (κ2) is 6.84. The molecule has 1 aliphatic rings. The minimum absolute atomic E-state index is 0.290. The quantitative estimate of drug-likeness (QED) is 0.844. The van der Waals surface area contributed by atoms with Gasteiger partial charge in [0.25, 0.3) is 0 Å². The van der Waals surface area contributed by atoms with E-state index in [1.807, 2.05) is 0 Å². The number of nitrogens with one attached hydrogen (secondary N) is 1. The average Bonchev–Trinajstić information content (AvgIpc) is 2.43. The molecule has 0 spiro atoms. The van der Waals surface area contributed by atoms with E-state index in [9.17, 15) is 8.78 Å². The van der Waals surface area contributed by atoms with Crippen molar-refractivity contribution in [2.45, 2.75) is 32.7 Å². The van der Waals surface area contributed by atoms with Gasteiger partial charge in [-0.05, 0) is 45.4 Å². The molecule has 0 aromatic heterocycles. The van der Waals surface area contributed by atoms with Gasteiger partial charge in [-0.15, -0.1) is 0 Å². The van der Waals surface area contributed by atoms with Crippen molar-refractivity contribution >= 4 is 5.69 Å². The highest BCUT2D eigenvalue weighted by Gasteiger charge is 2.19. The van der Waals surface area contributed by atoms with Gasteiger partial charge in [0.1, 0.15) is 0 Å². The molecule has 2 nitrogen and oxygen atoms in total. The van der Waals surface area contributed by atoms with Gasteiger partial charge in [-0.1, -0.05) is 11.6 Å². The molecule has 0 saturated carbocycles. The summed E-state index contributed by atoms with van der Waals surface area (Å²) in [4.78, 5) is 2.40. The summed E-state index contributed by atoms with van der Waals surface area (Å²) >= 11 is 0. The first-order chi connectivity index (χ1) is 9.58. The van der Waals surface area contributed by atoms with Gasteiger partial charge < -0.3 is 5.32 Å². The number of halogens is 2. The largest absolute Gasteiger partial charge is 0.381 e. The van der Waals surface area contributed by atoms with Gasteiger partial charge in [0.05, 0.1) is 0 Å². The van der Waals surface area contributed by atoms with E-state index in [1.54, 1.807) is 6.07 Å². The summed E-state index contributed by atoms with van der Waals surface area (Å²) in [6.45, 7) is 7.19. The summed E-state index contributed by atoms with van der Waals surface area (Å²) in [7, 11) is 0. The smallest absolute Gasteiger partial charge is 0.160 e. The Bertz CT molecular complexity index is 485. The summed E-state index contributed by atoms with van der Waals surface area (Å²) in [6, 6.07) is 4.28. The van der Waals surface area contributed by atoms with Gasteiger partial charge in [0, 0.05) is 30.9 Å². The fourth-order valence-electron chi connectivity index (χ4n) is 2.58. The van der Waals surface area contributed by atoms with Crippen LogP contribution in [0.1, 0.15) is 26.7 Å². The Morgan fingerprint density at radius 3 is 2.90 bits per heavy atom. The lowest BCUT2D eigenvalue weighted by molar-refractivity contribution is 0.232. The fourth-order valence-corrected chi connectivity index (χ4v) is 2.58. The van der Waals surface area contributed by atoms with Crippen molar-refractivity contribution in [3.05, 3.63) is 41.5 Å². The number of allylic oxidation sites excluding steroid dienone is 1. The van der Waals surface area contributed by atoms with E-state index in [-0.39, 0.29) is 0 Å². The molecular formula is C16H22F2N2. The molecular weight excluding hydrogens is 258 g/mol. The van der Waals surface area contributed by atoms with Crippen LogP contribution in [0.4, 0.5) is 14.5 Å². The molecule has 0 aliphatic carbocycles. The predicted molar refractivity (Wildman–Crippen MR) is 78.9 cm³/mol. The summed E-state index contributed by atoms with van der Waals surface area (Å²) < 4.78 is 26.1. The van der Waals surface area contributed by atoms with Crippen molar-refractivity contribution in [1.82, 2.24) is 4.90 Å². The van der Waals surface area contributed by atoms with Crippen LogP contribution in [0.3, 0.4) is 0 Å². The average molecular weight is 280 g/mol. The van der Waals surface area contributed by atoms with Gasteiger partial charge in [-0.2, -0.15) is 0 Å². The maximum Gasteiger partial charge on any atom is 0.160 e. The van der Waals surface area contributed by atoms with Gasteiger partial charge in [-0.25, -0.2) is 8.78 Å². The molecule has 20 heavy (non-hydrogen) atoms. The number of benzene rings is 1. The van der Waals surface area contributed by atoms with Crippen LogP contribution in [0.15, 0.2) is 29.8 Å². The molecule has 1 aliphatic heterocycles. The summed E-state index contributed by atoms with van der Waals surface area (Å²) in [5, 5.41) is 3.30. The van der Waals surface area contributed by atoms with Crippen molar-refractivity contribution < 1.29 is 8.78 Å². The number of nitrogens with zero attached hydrogens (tertiary/aromatic N) is 1. The lowest BCUT2D eigenvalue weighted by Crippen LogP contribution is -2.42. The number of hydrogen-bond donors (Lipinski definition) is 1. The zero-order valence-electron chi connectivity index (χ0n) is 12.1. The minimum atomic E-state index is -0.801. The lowest BCUT2D eigenvalue weighted by atomic mass is 10.0. The van der Waals surface area contributed by atoms with E-state index in [0.29, 0.717) is 11.7 Å². The van der Waals surface area contributed by atoms with Crippen molar-refractivity contribution in [1.29, 1.82) is 0 Å². The molecule has 2 rings (SSSR count). The maximum absolute atomic E-state index is 13.2. The molecule has 110 valence electrons. The molecule has 1 aromatic carbocycles. The maximum atomic E-state index is 13.2. The Kier molecular flexibility index (Phi) is 5.12. The van der Waals surface area contributed by atoms with Crippen molar-refractivity contribution in [2.75, 3.05) is 25.0 Å². The number of likely N-dealkylation sites (tertiary alicyclic amines) is 1. The van der Waals surface area contributed by atoms with Crippen molar-refractivity contribution in [2.24, 2.45) is 0 Å². The third-order valence-electron chi connectivity index (χ3n) is 3.76. The molecule has 1 atom stereocenters. The molecule has 0 bridgehead atoms.